The zero-order valence-electron chi connectivity index (χ0n) is 6.80. The molecule has 3 heteroatoms. The largest absolute Gasteiger partial charge is 0.296 e. The topological polar surface area (TPSA) is 17.1 Å². The lowest BCUT2D eigenvalue weighted by Gasteiger charge is -2.19. The minimum Gasteiger partial charge on any atom is -0.293 e. The van der Waals surface area contributed by atoms with E-state index in [2.05, 4.69) is 0 Å². The smallest absolute Gasteiger partial charge is 0.293 e. The fourth-order valence-corrected chi connectivity index (χ4v) is 2.76. The first kappa shape index (κ1) is 8.14. The van der Waals surface area contributed by atoms with E-state index >= 15 is 0 Å². The molecule has 2 rings (SSSR count). The summed E-state index contributed by atoms with van der Waals surface area (Å²) in [6.07, 6.45) is 1.15. The third-order valence-electron chi connectivity index (χ3n) is 3.32. The van der Waals surface area contributed by atoms with E-state index in [-0.39, 0.29) is 11.8 Å². The van der Waals surface area contributed by atoms with Crippen molar-refractivity contribution in [3.8, 4) is 0 Å². The van der Waals surface area contributed by atoms with E-state index in [0.29, 0.717) is 5.92 Å². The van der Waals surface area contributed by atoms with Crippen LogP contribution in [-0.2, 0) is 4.79 Å². The fourth-order valence-electron chi connectivity index (χ4n) is 2.76. The molecule has 2 fully saturated rings. The Hall–Kier alpha value is -0.470. The molecule has 0 spiro atoms. The third-order valence-corrected chi connectivity index (χ3v) is 3.32. The van der Waals surface area contributed by atoms with Gasteiger partial charge in [0.2, 0.25) is 5.78 Å². The van der Waals surface area contributed by atoms with E-state index in [4.69, 9.17) is 0 Å². The first-order valence-corrected chi connectivity index (χ1v) is 4.50. The van der Waals surface area contributed by atoms with Gasteiger partial charge in [-0.25, -0.2) is 8.78 Å². The number of ketones is 1. The molecule has 2 bridgehead atoms. The zero-order chi connectivity index (χ0) is 8.72. The molecule has 0 aliphatic heterocycles. The number of alkyl halides is 2. The molecular formula is C9H12F2O. The van der Waals surface area contributed by atoms with Gasteiger partial charge in [-0.1, -0.05) is 6.42 Å². The molecule has 1 nitrogen and oxygen atoms in total. The molecule has 0 N–H and O–H groups in total. The Morgan fingerprint density at radius 1 is 1.25 bits per heavy atom. The third kappa shape index (κ3) is 1.15. The molecule has 3 unspecified atom stereocenters. The van der Waals surface area contributed by atoms with Crippen molar-refractivity contribution >= 4 is 5.78 Å². The lowest BCUT2D eigenvalue weighted by atomic mass is 9.86. The van der Waals surface area contributed by atoms with Gasteiger partial charge in [0.25, 0.3) is 6.43 Å². The normalized spacial score (nSPS) is 39.4. The van der Waals surface area contributed by atoms with E-state index in [1.54, 1.807) is 0 Å². The van der Waals surface area contributed by atoms with Crippen LogP contribution in [0.25, 0.3) is 0 Å². The molecule has 0 amide bonds. The second kappa shape index (κ2) is 2.79. The van der Waals surface area contributed by atoms with Crippen LogP contribution in [0.2, 0.25) is 0 Å². The molecular weight excluding hydrogens is 162 g/mol. The standard InChI is InChI=1S/C9H12F2O/c10-9(11)8(12)7-4-5-1-2-6(7)3-5/h5-7,9H,1-4H2. The van der Waals surface area contributed by atoms with Gasteiger partial charge in [-0.3, -0.25) is 4.79 Å². The number of fused-ring (bicyclic) bond motifs is 2. The summed E-state index contributed by atoms with van der Waals surface area (Å²) >= 11 is 0. The van der Waals surface area contributed by atoms with Crippen LogP contribution in [0.3, 0.4) is 0 Å². The summed E-state index contributed by atoms with van der Waals surface area (Å²) in [5, 5.41) is 0. The lowest BCUT2D eigenvalue weighted by molar-refractivity contribution is -0.135. The van der Waals surface area contributed by atoms with Crippen LogP contribution in [0.5, 0.6) is 0 Å². The van der Waals surface area contributed by atoms with Crippen molar-refractivity contribution in [2.24, 2.45) is 17.8 Å². The summed E-state index contributed by atoms with van der Waals surface area (Å²) in [5.74, 6) is -0.245. The highest BCUT2D eigenvalue weighted by Crippen LogP contribution is 2.49. The molecule has 0 aromatic rings. The Kier molecular flexibility index (Phi) is 1.89. The van der Waals surface area contributed by atoms with Crippen LogP contribution in [0.1, 0.15) is 25.7 Å². The first-order chi connectivity index (χ1) is 5.68. The first-order valence-electron chi connectivity index (χ1n) is 4.50. The highest BCUT2D eigenvalue weighted by atomic mass is 19.3. The van der Waals surface area contributed by atoms with Crippen molar-refractivity contribution in [1.29, 1.82) is 0 Å². The maximum Gasteiger partial charge on any atom is 0.296 e. The van der Waals surface area contributed by atoms with Gasteiger partial charge in [0.15, 0.2) is 0 Å². The van der Waals surface area contributed by atoms with E-state index in [0.717, 1.165) is 25.7 Å². The Morgan fingerprint density at radius 3 is 2.42 bits per heavy atom. The summed E-state index contributed by atoms with van der Waals surface area (Å²) in [6.45, 7) is 0. The Bertz CT molecular complexity index is 203. The minimum absolute atomic E-state index is 0.288. The van der Waals surface area contributed by atoms with Crippen LogP contribution in [-0.4, -0.2) is 12.2 Å². The minimum atomic E-state index is -2.74. The predicted molar refractivity (Wildman–Crippen MR) is 39.9 cm³/mol. The highest BCUT2D eigenvalue weighted by molar-refractivity contribution is 5.84. The number of rotatable bonds is 2. The summed E-state index contributed by atoms with van der Waals surface area (Å²) in [7, 11) is 0. The second-order valence-electron chi connectivity index (χ2n) is 3.98. The molecule has 0 heterocycles. The molecule has 12 heavy (non-hydrogen) atoms. The van der Waals surface area contributed by atoms with Gasteiger partial charge in [0.05, 0.1) is 0 Å². The monoisotopic (exact) mass is 174 g/mol. The highest BCUT2D eigenvalue weighted by Gasteiger charge is 2.44. The van der Waals surface area contributed by atoms with Crippen LogP contribution < -0.4 is 0 Å². The lowest BCUT2D eigenvalue weighted by Crippen LogP contribution is -2.26. The van der Waals surface area contributed by atoms with Crippen molar-refractivity contribution < 1.29 is 13.6 Å². The quantitative estimate of drug-likeness (QED) is 0.627. The van der Waals surface area contributed by atoms with Crippen molar-refractivity contribution in [3.63, 3.8) is 0 Å². The van der Waals surface area contributed by atoms with E-state index in [1.165, 1.54) is 0 Å². The number of Topliss-reactive ketones (excluding diaryl/α,β-unsaturated/α-hetero) is 1. The summed E-state index contributed by atoms with van der Waals surface area (Å²) < 4.78 is 24.1. The summed E-state index contributed by atoms with van der Waals surface area (Å²) in [5.41, 5.74) is 0. The molecule has 2 saturated carbocycles. The van der Waals surface area contributed by atoms with Gasteiger partial charge < -0.3 is 0 Å². The van der Waals surface area contributed by atoms with Crippen LogP contribution in [0.4, 0.5) is 8.78 Å². The summed E-state index contributed by atoms with van der Waals surface area (Å²) in [6, 6.07) is 0. The van der Waals surface area contributed by atoms with Crippen molar-refractivity contribution in [1.82, 2.24) is 0 Å². The van der Waals surface area contributed by atoms with Crippen LogP contribution >= 0.6 is 0 Å². The number of halogens is 2. The van der Waals surface area contributed by atoms with Gasteiger partial charge in [0, 0.05) is 5.92 Å². The number of carbonyl (C=O) groups is 1. The SMILES string of the molecule is O=C(C(F)F)C1CC2CCC1C2. The Balaban J connectivity index is 2.02. The van der Waals surface area contributed by atoms with Gasteiger partial charge in [-0.2, -0.15) is 0 Å². The van der Waals surface area contributed by atoms with Crippen LogP contribution in [0, 0.1) is 17.8 Å². The predicted octanol–water partition coefficient (Wildman–Crippen LogP) is 2.26. The van der Waals surface area contributed by atoms with Gasteiger partial charge in [0.1, 0.15) is 0 Å². The molecule has 0 radical (unpaired) electrons. The van der Waals surface area contributed by atoms with E-state index in [1.807, 2.05) is 0 Å². The van der Waals surface area contributed by atoms with E-state index in [9.17, 15) is 13.6 Å². The number of hydrogen-bond acceptors (Lipinski definition) is 1. The summed E-state index contributed by atoms with van der Waals surface area (Å²) in [4.78, 5) is 11.0. The molecule has 3 atom stereocenters. The maximum absolute atomic E-state index is 12.1. The zero-order valence-corrected chi connectivity index (χ0v) is 6.80. The fraction of sp³-hybridized carbons (Fsp3) is 0.889. The maximum atomic E-state index is 12.1. The molecule has 0 saturated heterocycles. The van der Waals surface area contributed by atoms with Crippen molar-refractivity contribution in [3.05, 3.63) is 0 Å². The molecule has 0 aromatic carbocycles. The molecule has 2 aliphatic rings. The number of hydrogen-bond donors (Lipinski definition) is 0. The van der Waals surface area contributed by atoms with E-state index < -0.39 is 12.2 Å². The average Bonchev–Trinajstić information content (AvgIpc) is 2.62. The van der Waals surface area contributed by atoms with Crippen molar-refractivity contribution in [2.75, 3.05) is 0 Å². The Labute approximate surface area is 70.1 Å². The number of carbonyl (C=O) groups excluding carboxylic acids is 1. The molecule has 0 aromatic heterocycles. The average molecular weight is 174 g/mol. The van der Waals surface area contributed by atoms with Gasteiger partial charge in [-0.05, 0) is 31.1 Å². The van der Waals surface area contributed by atoms with Crippen molar-refractivity contribution in [2.45, 2.75) is 32.1 Å². The molecule has 68 valence electrons. The van der Waals surface area contributed by atoms with Gasteiger partial charge >= 0.3 is 0 Å². The second-order valence-corrected chi connectivity index (χ2v) is 3.98. The van der Waals surface area contributed by atoms with Gasteiger partial charge in [-0.15, -0.1) is 0 Å². The Morgan fingerprint density at radius 2 is 2.00 bits per heavy atom. The molecule has 2 aliphatic carbocycles. The van der Waals surface area contributed by atoms with Crippen LogP contribution in [0.15, 0.2) is 0 Å².